The van der Waals surface area contributed by atoms with Gasteiger partial charge in [-0.3, -0.25) is 4.79 Å². The van der Waals surface area contributed by atoms with Gasteiger partial charge in [0.05, 0.1) is 30.2 Å². The molecule has 116 valence electrons. The van der Waals surface area contributed by atoms with E-state index >= 15 is 0 Å². The first-order chi connectivity index (χ1) is 11.0. The van der Waals surface area contributed by atoms with Gasteiger partial charge in [-0.25, -0.2) is 19.3 Å². The first-order valence-electron chi connectivity index (χ1n) is 7.50. The number of benzene rings is 1. The van der Waals surface area contributed by atoms with Crippen molar-refractivity contribution in [1.82, 2.24) is 19.5 Å². The lowest BCUT2D eigenvalue weighted by molar-refractivity contribution is -0.124. The van der Waals surface area contributed by atoms with Crippen LogP contribution < -0.4 is 0 Å². The van der Waals surface area contributed by atoms with Gasteiger partial charge in [0.25, 0.3) is 0 Å². The molecule has 2 aromatic heterocycles. The van der Waals surface area contributed by atoms with Crippen molar-refractivity contribution >= 4 is 16.7 Å². The summed E-state index contributed by atoms with van der Waals surface area (Å²) in [5.41, 5.74) is 1.07. The number of Topliss-reactive ketones (excluding diaryl/α,β-unsaturated/α-hetero) is 1. The highest BCUT2D eigenvalue weighted by Crippen LogP contribution is 2.41. The molecule has 0 unspecified atom stereocenters. The Bertz CT molecular complexity index is 914. The minimum atomic E-state index is -1.63. The number of alkyl halides is 1. The zero-order chi connectivity index (χ0) is 16.0. The van der Waals surface area contributed by atoms with E-state index in [1.165, 1.54) is 0 Å². The summed E-state index contributed by atoms with van der Waals surface area (Å²) in [6.45, 7) is 0. The van der Waals surface area contributed by atoms with Crippen molar-refractivity contribution < 1.29 is 9.18 Å². The molecule has 6 heteroatoms. The molecule has 0 saturated heterocycles. The first-order valence-corrected chi connectivity index (χ1v) is 7.50. The highest BCUT2D eigenvalue weighted by molar-refractivity contribution is 5.91. The van der Waals surface area contributed by atoms with Crippen LogP contribution in [0.3, 0.4) is 0 Å². The van der Waals surface area contributed by atoms with Gasteiger partial charge in [0, 0.05) is 24.2 Å². The van der Waals surface area contributed by atoms with Crippen molar-refractivity contribution in [2.45, 2.75) is 24.9 Å². The van der Waals surface area contributed by atoms with Gasteiger partial charge in [0.15, 0.2) is 11.5 Å². The van der Waals surface area contributed by atoms with Crippen molar-refractivity contribution in [2.75, 3.05) is 0 Å². The lowest BCUT2D eigenvalue weighted by Crippen LogP contribution is -2.20. The number of aryl methyl sites for hydroxylation is 1. The van der Waals surface area contributed by atoms with Crippen LogP contribution in [-0.4, -0.2) is 31.0 Å². The molecule has 1 saturated carbocycles. The summed E-state index contributed by atoms with van der Waals surface area (Å²) in [7, 11) is 1.92. The van der Waals surface area contributed by atoms with E-state index in [9.17, 15) is 9.18 Å². The van der Waals surface area contributed by atoms with E-state index in [0.717, 1.165) is 22.2 Å². The molecule has 1 aliphatic rings. The maximum absolute atomic E-state index is 13.8. The van der Waals surface area contributed by atoms with E-state index < -0.39 is 11.5 Å². The average molecular weight is 310 g/mol. The number of imidazole rings is 1. The van der Waals surface area contributed by atoms with E-state index in [-0.39, 0.29) is 6.42 Å². The van der Waals surface area contributed by atoms with Crippen molar-refractivity contribution in [1.29, 1.82) is 0 Å². The Balaban J connectivity index is 1.69. The molecule has 3 aromatic rings. The molecule has 1 aliphatic carbocycles. The van der Waals surface area contributed by atoms with Gasteiger partial charge in [-0.15, -0.1) is 0 Å². The SMILES string of the molecule is Cn1cncc1-c1ccc2cnc(CC(=O)C3(F)CC3)nc2c1. The number of hydrogen-bond donors (Lipinski definition) is 0. The average Bonchev–Trinajstić information content (AvgIpc) is 3.15. The molecule has 0 radical (unpaired) electrons. The Kier molecular flexibility index (Phi) is 3.01. The first kappa shape index (κ1) is 14.0. The molecule has 0 N–H and O–H groups in total. The van der Waals surface area contributed by atoms with Crippen LogP contribution in [0.2, 0.25) is 0 Å². The van der Waals surface area contributed by atoms with Gasteiger partial charge >= 0.3 is 0 Å². The summed E-state index contributed by atoms with van der Waals surface area (Å²) in [5, 5.41) is 0.883. The minimum absolute atomic E-state index is 0.0532. The lowest BCUT2D eigenvalue weighted by atomic mass is 10.1. The van der Waals surface area contributed by atoms with Gasteiger partial charge in [-0.1, -0.05) is 12.1 Å². The third-order valence-electron chi connectivity index (χ3n) is 4.25. The van der Waals surface area contributed by atoms with E-state index in [2.05, 4.69) is 15.0 Å². The second-order valence-electron chi connectivity index (χ2n) is 6.01. The summed E-state index contributed by atoms with van der Waals surface area (Å²) in [5.74, 6) is -0.0479. The maximum atomic E-state index is 13.8. The molecule has 0 spiro atoms. The number of halogens is 1. The van der Waals surface area contributed by atoms with Crippen LogP contribution in [0.5, 0.6) is 0 Å². The number of rotatable bonds is 4. The monoisotopic (exact) mass is 310 g/mol. The van der Waals surface area contributed by atoms with E-state index in [4.69, 9.17) is 0 Å². The Morgan fingerprint density at radius 2 is 2.17 bits per heavy atom. The van der Waals surface area contributed by atoms with Crippen LogP contribution in [0.1, 0.15) is 18.7 Å². The summed E-state index contributed by atoms with van der Waals surface area (Å²) in [4.78, 5) is 24.6. The molecule has 5 nitrogen and oxygen atoms in total. The topological polar surface area (TPSA) is 60.7 Å². The largest absolute Gasteiger partial charge is 0.334 e. The second-order valence-corrected chi connectivity index (χ2v) is 6.01. The fourth-order valence-electron chi connectivity index (χ4n) is 2.63. The smallest absolute Gasteiger partial charge is 0.177 e. The third kappa shape index (κ3) is 2.50. The van der Waals surface area contributed by atoms with Crippen molar-refractivity contribution in [2.24, 2.45) is 7.05 Å². The highest BCUT2D eigenvalue weighted by atomic mass is 19.1. The molecule has 0 aliphatic heterocycles. The number of carbonyl (C=O) groups excluding carboxylic acids is 1. The molecule has 1 aromatic carbocycles. The maximum Gasteiger partial charge on any atom is 0.177 e. The Morgan fingerprint density at radius 1 is 1.35 bits per heavy atom. The number of nitrogens with zero attached hydrogens (tertiary/aromatic N) is 4. The fraction of sp³-hybridized carbons (Fsp3) is 0.294. The van der Waals surface area contributed by atoms with Crippen molar-refractivity contribution in [3.05, 3.63) is 42.7 Å². The molecular formula is C17H15FN4O. The van der Waals surface area contributed by atoms with Crippen molar-refractivity contribution in [3.8, 4) is 11.3 Å². The number of aromatic nitrogens is 4. The molecule has 23 heavy (non-hydrogen) atoms. The second kappa shape index (κ2) is 4.94. The number of ketones is 1. The summed E-state index contributed by atoms with van der Waals surface area (Å²) >= 11 is 0. The zero-order valence-corrected chi connectivity index (χ0v) is 12.7. The predicted molar refractivity (Wildman–Crippen MR) is 83.5 cm³/mol. The molecule has 0 atom stereocenters. The molecule has 4 rings (SSSR count). The van der Waals surface area contributed by atoms with Gasteiger partial charge in [-0.05, 0) is 18.9 Å². The zero-order valence-electron chi connectivity index (χ0n) is 12.7. The summed E-state index contributed by atoms with van der Waals surface area (Å²) in [6, 6.07) is 5.85. The number of fused-ring (bicyclic) bond motifs is 1. The third-order valence-corrected chi connectivity index (χ3v) is 4.25. The standard InChI is InChI=1S/C17H15FN4O/c1-22-10-19-9-14(22)11-2-3-12-8-20-16(21-13(12)6-11)7-15(23)17(18)4-5-17/h2-3,6,8-10H,4-5,7H2,1H3. The number of hydrogen-bond acceptors (Lipinski definition) is 4. The molecule has 0 amide bonds. The summed E-state index contributed by atoms with van der Waals surface area (Å²) in [6.07, 6.45) is 5.79. The van der Waals surface area contributed by atoms with E-state index in [1.807, 2.05) is 29.8 Å². The van der Waals surface area contributed by atoms with Crippen LogP contribution in [-0.2, 0) is 18.3 Å². The van der Waals surface area contributed by atoms with Gasteiger partial charge in [-0.2, -0.15) is 0 Å². The minimum Gasteiger partial charge on any atom is -0.334 e. The van der Waals surface area contributed by atoms with E-state index in [1.54, 1.807) is 18.7 Å². The predicted octanol–water partition coefficient (Wildman–Crippen LogP) is 2.64. The normalized spacial score (nSPS) is 15.7. The Hall–Kier alpha value is -2.63. The van der Waals surface area contributed by atoms with Crippen LogP contribution in [0.4, 0.5) is 4.39 Å². The molecule has 0 bridgehead atoms. The Labute approximate surface area is 132 Å². The molecule has 2 heterocycles. The molecular weight excluding hydrogens is 295 g/mol. The van der Waals surface area contributed by atoms with Crippen LogP contribution in [0.15, 0.2) is 36.9 Å². The van der Waals surface area contributed by atoms with Gasteiger partial charge in [0.2, 0.25) is 0 Å². The van der Waals surface area contributed by atoms with Crippen LogP contribution in [0, 0.1) is 0 Å². The highest BCUT2D eigenvalue weighted by Gasteiger charge is 2.50. The van der Waals surface area contributed by atoms with Gasteiger partial charge in [0.1, 0.15) is 5.82 Å². The van der Waals surface area contributed by atoms with Gasteiger partial charge < -0.3 is 4.57 Å². The lowest BCUT2D eigenvalue weighted by Gasteiger charge is -2.06. The molecule has 1 fully saturated rings. The van der Waals surface area contributed by atoms with Crippen LogP contribution >= 0.6 is 0 Å². The van der Waals surface area contributed by atoms with E-state index in [0.29, 0.717) is 18.7 Å². The number of carbonyl (C=O) groups is 1. The fourth-order valence-corrected chi connectivity index (χ4v) is 2.63. The van der Waals surface area contributed by atoms with Crippen molar-refractivity contribution in [3.63, 3.8) is 0 Å². The summed E-state index contributed by atoms with van der Waals surface area (Å²) < 4.78 is 15.7. The quantitative estimate of drug-likeness (QED) is 0.743. The van der Waals surface area contributed by atoms with Crippen LogP contribution in [0.25, 0.3) is 22.2 Å². The Morgan fingerprint density at radius 3 is 2.87 bits per heavy atom.